The SMILES string of the molecule is N#Cc1ccc(Sc2nccs2)c(Br)c1. The van der Waals surface area contributed by atoms with Crippen molar-refractivity contribution < 1.29 is 0 Å². The average Bonchev–Trinajstić information content (AvgIpc) is 2.74. The van der Waals surface area contributed by atoms with Crippen LogP contribution in [0.4, 0.5) is 0 Å². The van der Waals surface area contributed by atoms with E-state index < -0.39 is 0 Å². The summed E-state index contributed by atoms with van der Waals surface area (Å²) < 4.78 is 1.93. The van der Waals surface area contributed by atoms with Crippen molar-refractivity contribution in [3.05, 3.63) is 39.8 Å². The molecule has 0 amide bonds. The van der Waals surface area contributed by atoms with Gasteiger partial charge in [0, 0.05) is 20.9 Å². The highest BCUT2D eigenvalue weighted by Gasteiger charge is 2.04. The predicted molar refractivity (Wildman–Crippen MR) is 65.1 cm³/mol. The van der Waals surface area contributed by atoms with Gasteiger partial charge < -0.3 is 0 Å². The normalized spacial score (nSPS) is 9.87. The monoisotopic (exact) mass is 296 g/mol. The molecule has 1 aromatic carbocycles. The maximum absolute atomic E-state index is 8.72. The van der Waals surface area contributed by atoms with Crippen LogP contribution < -0.4 is 0 Å². The van der Waals surface area contributed by atoms with Gasteiger partial charge in [0.2, 0.25) is 0 Å². The zero-order valence-corrected chi connectivity index (χ0v) is 10.7. The van der Waals surface area contributed by atoms with Crippen LogP contribution >= 0.6 is 39.0 Å². The third kappa shape index (κ3) is 2.59. The Balaban J connectivity index is 2.27. The lowest BCUT2D eigenvalue weighted by atomic mass is 10.2. The highest BCUT2D eigenvalue weighted by atomic mass is 79.9. The van der Waals surface area contributed by atoms with E-state index >= 15 is 0 Å². The number of nitriles is 1. The summed E-state index contributed by atoms with van der Waals surface area (Å²) in [7, 11) is 0. The van der Waals surface area contributed by atoms with E-state index in [1.54, 1.807) is 35.4 Å². The first kappa shape index (κ1) is 10.7. The molecular weight excluding hydrogens is 292 g/mol. The second-order valence-corrected chi connectivity index (χ2v) is 5.70. The molecule has 0 aliphatic rings. The van der Waals surface area contributed by atoms with E-state index in [0.717, 1.165) is 13.7 Å². The van der Waals surface area contributed by atoms with Gasteiger partial charge in [-0.05, 0) is 34.1 Å². The second-order valence-electron chi connectivity index (χ2n) is 2.66. The van der Waals surface area contributed by atoms with Crippen molar-refractivity contribution in [3.63, 3.8) is 0 Å². The molecule has 2 nitrogen and oxygen atoms in total. The number of nitrogens with zero attached hydrogens (tertiary/aromatic N) is 2. The van der Waals surface area contributed by atoms with Crippen molar-refractivity contribution in [2.24, 2.45) is 0 Å². The van der Waals surface area contributed by atoms with Crippen molar-refractivity contribution in [1.29, 1.82) is 5.26 Å². The Morgan fingerprint density at radius 3 is 2.93 bits per heavy atom. The molecule has 74 valence electrons. The molecule has 0 radical (unpaired) electrons. The van der Waals surface area contributed by atoms with Gasteiger partial charge in [-0.25, -0.2) is 4.98 Å². The second kappa shape index (κ2) is 4.79. The fraction of sp³-hybridized carbons (Fsp3) is 0. The van der Waals surface area contributed by atoms with E-state index in [4.69, 9.17) is 5.26 Å². The summed E-state index contributed by atoms with van der Waals surface area (Å²) in [5.41, 5.74) is 0.658. The maximum Gasteiger partial charge on any atom is 0.154 e. The van der Waals surface area contributed by atoms with Crippen molar-refractivity contribution in [3.8, 4) is 6.07 Å². The first-order valence-electron chi connectivity index (χ1n) is 4.06. The van der Waals surface area contributed by atoms with Crippen molar-refractivity contribution >= 4 is 39.0 Å². The summed E-state index contributed by atoms with van der Waals surface area (Å²) in [6, 6.07) is 7.65. The van der Waals surface area contributed by atoms with Crippen LogP contribution in [0.25, 0.3) is 0 Å². The fourth-order valence-corrected chi connectivity index (χ4v) is 3.21. The van der Waals surface area contributed by atoms with Gasteiger partial charge in [-0.3, -0.25) is 0 Å². The number of rotatable bonds is 2. The summed E-state index contributed by atoms with van der Waals surface area (Å²) in [6.07, 6.45) is 1.78. The largest absolute Gasteiger partial charge is 0.238 e. The molecule has 1 heterocycles. The molecule has 1 aromatic heterocycles. The Kier molecular flexibility index (Phi) is 3.41. The van der Waals surface area contributed by atoms with Gasteiger partial charge in [-0.15, -0.1) is 11.3 Å². The highest BCUT2D eigenvalue weighted by molar-refractivity contribution is 9.10. The van der Waals surface area contributed by atoms with Gasteiger partial charge in [0.15, 0.2) is 4.34 Å². The molecule has 0 spiro atoms. The van der Waals surface area contributed by atoms with Gasteiger partial charge >= 0.3 is 0 Å². The minimum absolute atomic E-state index is 0.658. The molecule has 5 heteroatoms. The summed E-state index contributed by atoms with van der Waals surface area (Å²) in [5.74, 6) is 0. The lowest BCUT2D eigenvalue weighted by Gasteiger charge is -2.01. The smallest absolute Gasteiger partial charge is 0.154 e. The summed E-state index contributed by atoms with van der Waals surface area (Å²) in [4.78, 5) is 5.26. The third-order valence-electron chi connectivity index (χ3n) is 1.67. The van der Waals surface area contributed by atoms with Crippen LogP contribution in [0.5, 0.6) is 0 Å². The van der Waals surface area contributed by atoms with Gasteiger partial charge in [-0.2, -0.15) is 5.26 Å². The van der Waals surface area contributed by atoms with Gasteiger partial charge in [-0.1, -0.05) is 11.8 Å². The molecule has 0 saturated carbocycles. The minimum atomic E-state index is 0.658. The molecule has 2 rings (SSSR count). The molecule has 2 aromatic rings. The first-order chi connectivity index (χ1) is 7.29. The molecule has 0 N–H and O–H groups in total. The lowest BCUT2D eigenvalue weighted by molar-refractivity contribution is 1.24. The van der Waals surface area contributed by atoms with Crippen molar-refractivity contribution in [2.75, 3.05) is 0 Å². The summed E-state index contributed by atoms with van der Waals surface area (Å²) >= 11 is 6.63. The van der Waals surface area contributed by atoms with Crippen LogP contribution in [0.3, 0.4) is 0 Å². The Morgan fingerprint density at radius 1 is 1.47 bits per heavy atom. The lowest BCUT2D eigenvalue weighted by Crippen LogP contribution is -1.78. The van der Waals surface area contributed by atoms with E-state index in [-0.39, 0.29) is 0 Å². The van der Waals surface area contributed by atoms with Gasteiger partial charge in [0.05, 0.1) is 11.6 Å². The Morgan fingerprint density at radius 2 is 2.33 bits per heavy atom. The first-order valence-corrected chi connectivity index (χ1v) is 6.55. The zero-order valence-electron chi connectivity index (χ0n) is 7.48. The van der Waals surface area contributed by atoms with E-state index in [9.17, 15) is 0 Å². The van der Waals surface area contributed by atoms with Crippen molar-refractivity contribution in [2.45, 2.75) is 9.24 Å². The van der Waals surface area contributed by atoms with Crippen molar-refractivity contribution in [1.82, 2.24) is 4.98 Å². The Labute approximate surface area is 104 Å². The minimum Gasteiger partial charge on any atom is -0.238 e. The average molecular weight is 297 g/mol. The fourth-order valence-electron chi connectivity index (χ4n) is 1.01. The molecule has 0 atom stereocenters. The quantitative estimate of drug-likeness (QED) is 0.842. The topological polar surface area (TPSA) is 36.7 Å². The molecule has 0 aliphatic heterocycles. The Bertz CT molecular complexity index is 503. The van der Waals surface area contributed by atoms with E-state index in [1.165, 1.54) is 0 Å². The number of benzene rings is 1. The Hall–Kier alpha value is -0.830. The van der Waals surface area contributed by atoms with Crippen LogP contribution in [-0.2, 0) is 0 Å². The zero-order chi connectivity index (χ0) is 10.7. The molecule has 0 saturated heterocycles. The van der Waals surface area contributed by atoms with Gasteiger partial charge in [0.25, 0.3) is 0 Å². The van der Waals surface area contributed by atoms with Crippen LogP contribution in [0.2, 0.25) is 0 Å². The van der Waals surface area contributed by atoms with E-state index in [2.05, 4.69) is 27.0 Å². The van der Waals surface area contributed by atoms with Crippen LogP contribution in [0.1, 0.15) is 5.56 Å². The standard InChI is InChI=1S/C10H5BrN2S2/c11-8-5-7(6-12)1-2-9(8)15-10-13-3-4-14-10/h1-5H. The number of thiazole rings is 1. The number of halogens is 1. The molecule has 15 heavy (non-hydrogen) atoms. The number of hydrogen-bond acceptors (Lipinski definition) is 4. The number of hydrogen-bond donors (Lipinski definition) is 0. The predicted octanol–water partition coefficient (Wildman–Crippen LogP) is 3.93. The van der Waals surface area contributed by atoms with Crippen LogP contribution in [0.15, 0.2) is 43.5 Å². The van der Waals surface area contributed by atoms with E-state index in [1.807, 2.05) is 17.5 Å². The van der Waals surface area contributed by atoms with Crippen LogP contribution in [-0.4, -0.2) is 4.98 Å². The summed E-state index contributed by atoms with van der Waals surface area (Å²) in [5, 5.41) is 10.7. The molecule has 0 bridgehead atoms. The third-order valence-corrected chi connectivity index (χ3v) is 4.55. The molecular formula is C10H5BrN2S2. The van der Waals surface area contributed by atoms with Gasteiger partial charge in [0.1, 0.15) is 0 Å². The molecule has 0 fully saturated rings. The molecule has 0 unspecified atom stereocenters. The summed E-state index contributed by atoms with van der Waals surface area (Å²) in [6.45, 7) is 0. The molecule has 0 aliphatic carbocycles. The maximum atomic E-state index is 8.72. The van der Waals surface area contributed by atoms with Crippen LogP contribution in [0, 0.1) is 11.3 Å². The number of aromatic nitrogens is 1. The highest BCUT2D eigenvalue weighted by Crippen LogP contribution is 2.34. The van der Waals surface area contributed by atoms with E-state index in [0.29, 0.717) is 5.56 Å².